The fourth-order valence-electron chi connectivity index (χ4n) is 3.38. The molecular weight excluding hydrogens is 437 g/mol. The zero-order chi connectivity index (χ0) is 23.9. The molecule has 1 heterocycles. The lowest BCUT2D eigenvalue weighted by atomic mass is 10.0. The molecule has 0 aliphatic heterocycles. The minimum absolute atomic E-state index is 0.0995. The van der Waals surface area contributed by atoms with Crippen molar-refractivity contribution >= 4 is 28.3 Å². The Morgan fingerprint density at radius 1 is 0.939 bits per heavy atom. The molecule has 0 saturated carbocycles. The van der Waals surface area contributed by atoms with Crippen LogP contribution in [0.1, 0.15) is 21.5 Å². The number of nitrogens with two attached hydrogens (primary N) is 2. The molecule has 9 heteroatoms. The third kappa shape index (κ3) is 4.38. The van der Waals surface area contributed by atoms with Crippen molar-refractivity contribution in [1.82, 2.24) is 0 Å². The number of hydrogen-bond donors (Lipinski definition) is 2. The summed E-state index contributed by atoms with van der Waals surface area (Å²) >= 11 is 0. The Morgan fingerprint density at radius 3 is 2.18 bits per heavy atom. The highest BCUT2D eigenvalue weighted by molar-refractivity contribution is 5.94. The molecule has 0 bridgehead atoms. The molecular formula is C24H17F3N2O4. The minimum atomic E-state index is -4.47. The van der Waals surface area contributed by atoms with Crippen LogP contribution in [0, 0.1) is 6.92 Å². The Kier molecular flexibility index (Phi) is 5.33. The van der Waals surface area contributed by atoms with Crippen LogP contribution >= 0.6 is 0 Å². The minimum Gasteiger partial charge on any atom is -0.456 e. The van der Waals surface area contributed by atoms with Crippen LogP contribution in [-0.4, -0.2) is 5.97 Å². The van der Waals surface area contributed by atoms with E-state index >= 15 is 0 Å². The van der Waals surface area contributed by atoms with Crippen LogP contribution < -0.4 is 21.6 Å². The molecule has 168 valence electrons. The lowest BCUT2D eigenvalue weighted by Gasteiger charge is -2.11. The summed E-state index contributed by atoms with van der Waals surface area (Å²) in [4.78, 5) is 25.4. The van der Waals surface area contributed by atoms with Crippen LogP contribution in [0.5, 0.6) is 5.75 Å². The molecule has 0 radical (unpaired) electrons. The highest BCUT2D eigenvalue weighted by Crippen LogP contribution is 2.32. The van der Waals surface area contributed by atoms with Crippen molar-refractivity contribution in [3.05, 3.63) is 87.6 Å². The van der Waals surface area contributed by atoms with Crippen molar-refractivity contribution in [3.63, 3.8) is 0 Å². The van der Waals surface area contributed by atoms with E-state index in [0.717, 1.165) is 12.1 Å². The van der Waals surface area contributed by atoms with E-state index in [4.69, 9.17) is 20.6 Å². The smallest absolute Gasteiger partial charge is 0.416 e. The van der Waals surface area contributed by atoms with Crippen molar-refractivity contribution in [1.29, 1.82) is 0 Å². The molecule has 0 fully saturated rings. The monoisotopic (exact) mass is 454 g/mol. The van der Waals surface area contributed by atoms with Crippen LogP contribution in [-0.2, 0) is 6.18 Å². The molecule has 4 aromatic rings. The predicted octanol–water partition coefficient (Wildman–Crippen LogP) is 5.17. The Bertz CT molecular complexity index is 1420. The Morgan fingerprint density at radius 2 is 1.58 bits per heavy atom. The fourth-order valence-corrected chi connectivity index (χ4v) is 3.38. The number of esters is 1. The van der Waals surface area contributed by atoms with Crippen molar-refractivity contribution in [2.75, 3.05) is 11.5 Å². The molecule has 0 spiro atoms. The molecule has 33 heavy (non-hydrogen) atoms. The van der Waals surface area contributed by atoms with Crippen molar-refractivity contribution in [3.8, 4) is 17.1 Å². The lowest BCUT2D eigenvalue weighted by Crippen LogP contribution is -2.11. The first-order valence-corrected chi connectivity index (χ1v) is 9.66. The van der Waals surface area contributed by atoms with E-state index in [1.54, 1.807) is 0 Å². The number of hydrogen-bond acceptors (Lipinski definition) is 6. The quantitative estimate of drug-likeness (QED) is 0.251. The molecule has 6 nitrogen and oxygen atoms in total. The van der Waals surface area contributed by atoms with Gasteiger partial charge in [0.2, 0.25) is 0 Å². The number of rotatable bonds is 3. The van der Waals surface area contributed by atoms with Gasteiger partial charge in [-0.2, -0.15) is 13.2 Å². The predicted molar refractivity (Wildman–Crippen MR) is 118 cm³/mol. The SMILES string of the molecule is Cc1c(-c2ccc(C(F)(F)F)cc2)oc2ccc(OC(=O)c3cc(N)cc(N)c3)cc2c1=O. The zero-order valence-corrected chi connectivity index (χ0v) is 17.2. The highest BCUT2D eigenvalue weighted by Gasteiger charge is 2.30. The number of anilines is 2. The van der Waals surface area contributed by atoms with Crippen molar-refractivity contribution < 1.29 is 27.1 Å². The summed E-state index contributed by atoms with van der Waals surface area (Å²) in [5.41, 5.74) is 11.6. The number of carbonyl (C=O) groups is 1. The van der Waals surface area contributed by atoms with Crippen LogP contribution in [0.25, 0.3) is 22.3 Å². The van der Waals surface area contributed by atoms with Crippen molar-refractivity contribution in [2.24, 2.45) is 0 Å². The molecule has 4 N–H and O–H groups in total. The van der Waals surface area contributed by atoms with Gasteiger partial charge in [-0.3, -0.25) is 4.79 Å². The van der Waals surface area contributed by atoms with E-state index in [0.29, 0.717) is 16.9 Å². The molecule has 0 aliphatic rings. The number of alkyl halides is 3. The third-order valence-corrected chi connectivity index (χ3v) is 4.99. The molecule has 0 unspecified atom stereocenters. The summed E-state index contributed by atoms with van der Waals surface area (Å²) in [7, 11) is 0. The Hall–Kier alpha value is -4.27. The average molecular weight is 454 g/mol. The normalized spacial score (nSPS) is 11.5. The van der Waals surface area contributed by atoms with Gasteiger partial charge in [-0.1, -0.05) is 12.1 Å². The molecule has 4 rings (SSSR count). The summed E-state index contributed by atoms with van der Waals surface area (Å²) in [6.07, 6.45) is -4.47. The fraction of sp³-hybridized carbons (Fsp3) is 0.0833. The molecule has 0 saturated heterocycles. The van der Waals surface area contributed by atoms with E-state index in [-0.39, 0.29) is 33.6 Å². The van der Waals surface area contributed by atoms with Gasteiger partial charge in [0.05, 0.1) is 16.5 Å². The molecule has 3 aromatic carbocycles. The number of nitrogen functional groups attached to an aromatic ring is 2. The Balaban J connectivity index is 1.69. The van der Waals surface area contributed by atoms with E-state index in [2.05, 4.69) is 0 Å². The van der Waals surface area contributed by atoms with Gasteiger partial charge in [0, 0.05) is 22.5 Å². The standard InChI is InChI=1S/C24H17F3N2O4/c1-12-21(30)19-11-18(32-23(31)14-8-16(28)10-17(29)9-14)6-7-20(19)33-22(12)13-2-4-15(5-3-13)24(25,26)27/h2-11H,28-29H2,1H3. The Labute approximate surface area is 185 Å². The zero-order valence-electron chi connectivity index (χ0n) is 17.2. The van der Waals surface area contributed by atoms with Crippen LogP contribution in [0.3, 0.4) is 0 Å². The molecule has 0 amide bonds. The van der Waals surface area contributed by atoms with Gasteiger partial charge in [-0.25, -0.2) is 4.79 Å². The molecule has 1 aromatic heterocycles. The van der Waals surface area contributed by atoms with E-state index in [9.17, 15) is 22.8 Å². The second kappa shape index (κ2) is 8.01. The highest BCUT2D eigenvalue weighted by atomic mass is 19.4. The molecule has 0 atom stereocenters. The van der Waals surface area contributed by atoms with Crippen LogP contribution in [0.4, 0.5) is 24.5 Å². The van der Waals surface area contributed by atoms with E-state index < -0.39 is 23.1 Å². The summed E-state index contributed by atoms with van der Waals surface area (Å²) < 4.78 is 49.6. The largest absolute Gasteiger partial charge is 0.456 e. The summed E-state index contributed by atoms with van der Waals surface area (Å²) in [6.45, 7) is 1.51. The number of carbonyl (C=O) groups excluding carboxylic acids is 1. The van der Waals surface area contributed by atoms with E-state index in [1.165, 1.54) is 55.5 Å². The third-order valence-electron chi connectivity index (χ3n) is 4.99. The van der Waals surface area contributed by atoms with Crippen molar-refractivity contribution in [2.45, 2.75) is 13.1 Å². The first-order valence-electron chi connectivity index (χ1n) is 9.66. The average Bonchev–Trinajstić information content (AvgIpc) is 2.75. The van der Waals surface area contributed by atoms with Gasteiger partial charge >= 0.3 is 12.1 Å². The maximum Gasteiger partial charge on any atom is 0.416 e. The number of benzene rings is 3. The van der Waals surface area contributed by atoms with Gasteiger partial charge in [0.15, 0.2) is 5.43 Å². The second-order valence-electron chi connectivity index (χ2n) is 7.40. The molecule has 0 aliphatic carbocycles. The maximum atomic E-state index is 12.9. The summed E-state index contributed by atoms with van der Waals surface area (Å²) in [5.74, 6) is -0.459. The maximum absolute atomic E-state index is 12.9. The summed E-state index contributed by atoms with van der Waals surface area (Å²) in [6, 6.07) is 12.9. The van der Waals surface area contributed by atoms with Gasteiger partial charge in [-0.15, -0.1) is 0 Å². The number of ether oxygens (including phenoxy) is 1. The lowest BCUT2D eigenvalue weighted by molar-refractivity contribution is -0.137. The summed E-state index contributed by atoms with van der Waals surface area (Å²) in [5, 5.41) is 0.153. The first-order chi connectivity index (χ1) is 15.5. The van der Waals surface area contributed by atoms with E-state index in [1.807, 2.05) is 0 Å². The van der Waals surface area contributed by atoms with Gasteiger partial charge in [-0.05, 0) is 55.5 Å². The topological polar surface area (TPSA) is 109 Å². The second-order valence-corrected chi connectivity index (χ2v) is 7.40. The number of fused-ring (bicyclic) bond motifs is 1. The first kappa shape index (κ1) is 21.9. The van der Waals surface area contributed by atoms with Crippen LogP contribution in [0.2, 0.25) is 0 Å². The number of halogens is 3. The van der Waals surface area contributed by atoms with Gasteiger partial charge < -0.3 is 20.6 Å². The van der Waals surface area contributed by atoms with Crippen LogP contribution in [0.15, 0.2) is 69.9 Å². The van der Waals surface area contributed by atoms with Gasteiger partial charge in [0.1, 0.15) is 17.1 Å². The van der Waals surface area contributed by atoms with Gasteiger partial charge in [0.25, 0.3) is 0 Å².